The van der Waals surface area contributed by atoms with Gasteiger partial charge in [0.05, 0.1) is 12.7 Å². The molecule has 1 aromatic carbocycles. The van der Waals surface area contributed by atoms with Crippen LogP contribution in [0.1, 0.15) is 29.6 Å². The third-order valence-electron chi connectivity index (χ3n) is 4.82. The number of hydrogen-bond acceptors (Lipinski definition) is 5. The standard InChI is InChI=1S/C20H23ClF2N4O2S/c1-29-19-16(21)12-15(17(26-19)27-9-4-7-20(22,23)8-10-27)18(28)25-13-5-3-6-14(11-13)30(2)24/h3,5-6,11-12,24H,4,7-10H2,1-2H3,(H,25,28)/t30-/m0/s1. The van der Waals surface area contributed by atoms with E-state index in [1.165, 1.54) is 13.2 Å². The van der Waals surface area contributed by atoms with Crippen LogP contribution in [0.5, 0.6) is 5.88 Å². The van der Waals surface area contributed by atoms with E-state index in [0.717, 1.165) is 4.90 Å². The summed E-state index contributed by atoms with van der Waals surface area (Å²) in [7, 11) is 0.701. The first kappa shape index (κ1) is 22.4. The predicted molar refractivity (Wildman–Crippen MR) is 115 cm³/mol. The van der Waals surface area contributed by atoms with Crippen molar-refractivity contribution in [3.8, 4) is 5.88 Å². The van der Waals surface area contributed by atoms with Gasteiger partial charge in [0.2, 0.25) is 11.8 Å². The summed E-state index contributed by atoms with van der Waals surface area (Å²) in [5.74, 6) is -2.80. The molecule has 1 aliphatic heterocycles. The number of nitrogens with zero attached hydrogens (tertiary/aromatic N) is 2. The fourth-order valence-electron chi connectivity index (χ4n) is 3.25. The maximum absolute atomic E-state index is 13.8. The highest BCUT2D eigenvalue weighted by molar-refractivity contribution is 7.85. The molecular formula is C20H23ClF2N4O2S. The second-order valence-corrected chi connectivity index (χ2v) is 8.94. The molecule has 3 rings (SSSR count). The van der Waals surface area contributed by atoms with E-state index < -0.39 is 22.5 Å². The van der Waals surface area contributed by atoms with Crippen LogP contribution in [0.3, 0.4) is 0 Å². The highest BCUT2D eigenvalue weighted by atomic mass is 35.5. The molecule has 0 aliphatic carbocycles. The molecule has 0 saturated carbocycles. The molecule has 1 fully saturated rings. The Morgan fingerprint density at radius 1 is 1.33 bits per heavy atom. The van der Waals surface area contributed by atoms with Gasteiger partial charge in [-0.05, 0) is 36.9 Å². The fourth-order valence-corrected chi connectivity index (χ4v) is 4.07. The topological polar surface area (TPSA) is 78.3 Å². The Morgan fingerprint density at radius 2 is 2.10 bits per heavy atom. The Hall–Kier alpha value is -2.26. The van der Waals surface area contributed by atoms with Gasteiger partial charge in [-0.25, -0.2) is 8.78 Å². The van der Waals surface area contributed by atoms with Crippen LogP contribution >= 0.6 is 11.6 Å². The summed E-state index contributed by atoms with van der Waals surface area (Å²) in [6.45, 7) is 0.415. The molecule has 1 amide bonds. The van der Waals surface area contributed by atoms with Crippen LogP contribution in [0.4, 0.5) is 20.3 Å². The van der Waals surface area contributed by atoms with Gasteiger partial charge in [0.1, 0.15) is 10.8 Å². The first-order valence-electron chi connectivity index (χ1n) is 9.36. The first-order chi connectivity index (χ1) is 14.2. The van der Waals surface area contributed by atoms with Crippen LogP contribution in [0.15, 0.2) is 35.2 Å². The SMILES string of the molecule is COc1nc(N2CCCC(F)(F)CC2)c(C(=O)Nc2cccc([S@](C)=N)c2)cc1Cl. The highest BCUT2D eigenvalue weighted by Gasteiger charge is 2.33. The number of hydrogen-bond donors (Lipinski definition) is 2. The van der Waals surface area contributed by atoms with E-state index >= 15 is 0 Å². The summed E-state index contributed by atoms with van der Waals surface area (Å²) in [6, 6.07) is 8.48. The second kappa shape index (κ2) is 9.26. The summed E-state index contributed by atoms with van der Waals surface area (Å²) < 4.78 is 40.7. The zero-order chi connectivity index (χ0) is 21.9. The monoisotopic (exact) mass is 456 g/mol. The van der Waals surface area contributed by atoms with E-state index in [2.05, 4.69) is 10.3 Å². The average Bonchev–Trinajstić information content (AvgIpc) is 2.88. The van der Waals surface area contributed by atoms with Gasteiger partial charge in [0.25, 0.3) is 5.91 Å². The van der Waals surface area contributed by atoms with Crippen molar-refractivity contribution in [1.82, 2.24) is 4.98 Å². The van der Waals surface area contributed by atoms with Crippen molar-refractivity contribution < 1.29 is 18.3 Å². The molecule has 10 heteroatoms. The van der Waals surface area contributed by atoms with Crippen molar-refractivity contribution in [1.29, 1.82) is 4.78 Å². The Kier molecular flexibility index (Phi) is 6.92. The maximum atomic E-state index is 13.8. The number of benzene rings is 1. The summed E-state index contributed by atoms with van der Waals surface area (Å²) in [6.07, 6.45) is 1.53. The summed E-state index contributed by atoms with van der Waals surface area (Å²) in [5, 5.41) is 2.95. The van der Waals surface area contributed by atoms with Crippen LogP contribution in [0, 0.1) is 4.78 Å². The van der Waals surface area contributed by atoms with E-state index in [1.54, 1.807) is 29.4 Å². The van der Waals surface area contributed by atoms with E-state index in [1.807, 2.05) is 6.07 Å². The number of rotatable bonds is 5. The summed E-state index contributed by atoms with van der Waals surface area (Å²) in [5.41, 5.74) is 0.710. The van der Waals surface area contributed by atoms with Crippen LogP contribution in [0.2, 0.25) is 5.02 Å². The van der Waals surface area contributed by atoms with Gasteiger partial charge >= 0.3 is 0 Å². The first-order valence-corrected chi connectivity index (χ1v) is 11.4. The zero-order valence-corrected chi connectivity index (χ0v) is 18.2. The molecular weight excluding hydrogens is 434 g/mol. The molecule has 6 nitrogen and oxygen atoms in total. The van der Waals surface area contributed by atoms with Crippen molar-refractivity contribution in [2.45, 2.75) is 30.1 Å². The lowest BCUT2D eigenvalue weighted by Gasteiger charge is -2.24. The molecule has 0 radical (unpaired) electrons. The van der Waals surface area contributed by atoms with Gasteiger partial charge in [0.15, 0.2) is 0 Å². The molecule has 30 heavy (non-hydrogen) atoms. The Bertz CT molecular complexity index is 974. The molecule has 2 N–H and O–H groups in total. The van der Waals surface area contributed by atoms with Crippen LogP contribution < -0.4 is 15.0 Å². The van der Waals surface area contributed by atoms with Crippen molar-refractivity contribution >= 4 is 39.7 Å². The van der Waals surface area contributed by atoms with E-state index in [-0.39, 0.29) is 48.1 Å². The minimum atomic E-state index is -2.73. The number of halogens is 3. The number of amides is 1. The van der Waals surface area contributed by atoms with Crippen molar-refractivity contribution in [3.05, 3.63) is 40.9 Å². The van der Waals surface area contributed by atoms with E-state index in [4.69, 9.17) is 21.1 Å². The van der Waals surface area contributed by atoms with Crippen molar-refractivity contribution in [3.63, 3.8) is 0 Å². The predicted octanol–water partition coefficient (Wildman–Crippen LogP) is 4.99. The summed E-state index contributed by atoms with van der Waals surface area (Å²) >= 11 is 6.20. The Balaban J connectivity index is 1.95. The minimum Gasteiger partial charge on any atom is -0.480 e. The number of anilines is 2. The number of pyridine rings is 1. The number of carbonyl (C=O) groups excluding carboxylic acids is 1. The normalized spacial score (nSPS) is 17.2. The Morgan fingerprint density at radius 3 is 2.80 bits per heavy atom. The van der Waals surface area contributed by atoms with Crippen LogP contribution in [-0.2, 0) is 10.7 Å². The molecule has 1 saturated heterocycles. The molecule has 0 spiro atoms. The molecule has 0 bridgehead atoms. The molecule has 2 aromatic rings. The average molecular weight is 457 g/mol. The van der Waals surface area contributed by atoms with Crippen molar-refractivity contribution in [2.75, 3.05) is 36.7 Å². The molecule has 1 atom stereocenters. The number of aromatic nitrogens is 1. The zero-order valence-electron chi connectivity index (χ0n) is 16.7. The number of methoxy groups -OCH3 is 1. The fraction of sp³-hybridized carbons (Fsp3) is 0.400. The Labute approximate surface area is 181 Å². The smallest absolute Gasteiger partial charge is 0.259 e. The van der Waals surface area contributed by atoms with E-state index in [9.17, 15) is 13.6 Å². The van der Waals surface area contributed by atoms with E-state index in [0.29, 0.717) is 12.2 Å². The molecule has 1 aromatic heterocycles. The maximum Gasteiger partial charge on any atom is 0.259 e. The van der Waals surface area contributed by atoms with Crippen LogP contribution in [-0.4, -0.2) is 43.3 Å². The van der Waals surface area contributed by atoms with Gasteiger partial charge in [-0.15, -0.1) is 0 Å². The second-order valence-electron chi connectivity index (χ2n) is 7.04. The quantitative estimate of drug-likeness (QED) is 0.664. The summed E-state index contributed by atoms with van der Waals surface area (Å²) in [4.78, 5) is 19.9. The lowest BCUT2D eigenvalue weighted by molar-refractivity contribution is -0.0102. The molecule has 2 heterocycles. The number of nitrogens with one attached hydrogen (secondary N) is 2. The van der Waals surface area contributed by atoms with Gasteiger partial charge in [-0.3, -0.25) is 9.57 Å². The number of ether oxygens (including phenoxy) is 1. The van der Waals surface area contributed by atoms with Crippen molar-refractivity contribution in [2.24, 2.45) is 0 Å². The lowest BCUT2D eigenvalue weighted by atomic mass is 10.1. The van der Waals surface area contributed by atoms with Gasteiger partial charge in [-0.1, -0.05) is 28.4 Å². The highest BCUT2D eigenvalue weighted by Crippen LogP contribution is 2.34. The molecule has 162 valence electrons. The third kappa shape index (κ3) is 5.26. The largest absolute Gasteiger partial charge is 0.480 e. The minimum absolute atomic E-state index is 0.0675. The van der Waals surface area contributed by atoms with Gasteiger partial charge < -0.3 is 15.0 Å². The third-order valence-corrected chi connectivity index (χ3v) is 6.06. The van der Waals surface area contributed by atoms with Gasteiger partial charge in [-0.2, -0.15) is 4.98 Å². The molecule has 0 unspecified atom stereocenters. The molecule has 1 aliphatic rings. The number of carbonyl (C=O) groups is 1. The lowest BCUT2D eigenvalue weighted by Crippen LogP contribution is -2.29. The van der Waals surface area contributed by atoms with Crippen LogP contribution in [0.25, 0.3) is 0 Å². The number of alkyl halides is 2. The van der Waals surface area contributed by atoms with Gasteiger partial charge in [0, 0.05) is 36.5 Å².